The number of carbonyl (C=O) groups is 2. The summed E-state index contributed by atoms with van der Waals surface area (Å²) in [7, 11) is 0. The third kappa shape index (κ3) is 4.20. The number of benzene rings is 1. The Labute approximate surface area is 108 Å². The number of halogens is 2. The maximum absolute atomic E-state index is 13.3. The molecule has 0 radical (unpaired) electrons. The van der Waals surface area contributed by atoms with Gasteiger partial charge in [0.2, 0.25) is 0 Å². The molecule has 0 aromatic heterocycles. The molecule has 5 nitrogen and oxygen atoms in total. The third-order valence-corrected chi connectivity index (χ3v) is 2.40. The smallest absolute Gasteiger partial charge is 0.326 e. The van der Waals surface area contributed by atoms with Crippen molar-refractivity contribution in [1.29, 1.82) is 0 Å². The summed E-state index contributed by atoms with van der Waals surface area (Å²) in [6, 6.07) is 0.688. The minimum Gasteiger partial charge on any atom is -0.480 e. The van der Waals surface area contributed by atoms with Gasteiger partial charge in [-0.15, -0.1) is 0 Å². The first-order chi connectivity index (χ1) is 8.81. The average Bonchev–Trinajstić information content (AvgIpc) is 2.29. The first-order valence-electron chi connectivity index (χ1n) is 5.56. The monoisotopic (exact) mass is 272 g/mol. The predicted molar refractivity (Wildman–Crippen MR) is 64.8 cm³/mol. The van der Waals surface area contributed by atoms with Crippen molar-refractivity contribution >= 4 is 17.7 Å². The molecule has 19 heavy (non-hydrogen) atoms. The lowest BCUT2D eigenvalue weighted by molar-refractivity contribution is -0.140. The number of rotatable bonds is 4. The van der Waals surface area contributed by atoms with E-state index in [2.05, 4.69) is 10.6 Å². The van der Waals surface area contributed by atoms with Crippen LogP contribution in [0.2, 0.25) is 0 Å². The normalized spacial score (nSPS) is 12.1. The van der Waals surface area contributed by atoms with Gasteiger partial charge in [-0.2, -0.15) is 0 Å². The molecule has 0 spiro atoms. The Morgan fingerprint density at radius 2 is 1.89 bits per heavy atom. The van der Waals surface area contributed by atoms with Crippen molar-refractivity contribution in [2.24, 2.45) is 5.92 Å². The number of aliphatic carboxylic acids is 1. The van der Waals surface area contributed by atoms with Crippen LogP contribution in [0.25, 0.3) is 0 Å². The van der Waals surface area contributed by atoms with Crippen molar-refractivity contribution in [3.8, 4) is 0 Å². The maximum atomic E-state index is 13.3. The molecule has 0 heterocycles. The van der Waals surface area contributed by atoms with Gasteiger partial charge in [-0.1, -0.05) is 13.8 Å². The van der Waals surface area contributed by atoms with Crippen LogP contribution in [0.3, 0.4) is 0 Å². The number of anilines is 1. The first-order valence-corrected chi connectivity index (χ1v) is 5.56. The molecule has 3 N–H and O–H groups in total. The Morgan fingerprint density at radius 1 is 1.26 bits per heavy atom. The molecular formula is C12H14F2N2O3. The van der Waals surface area contributed by atoms with Gasteiger partial charge in [-0.3, -0.25) is 0 Å². The molecule has 0 aliphatic carbocycles. The Hall–Kier alpha value is -2.18. The van der Waals surface area contributed by atoms with E-state index in [1.165, 1.54) is 0 Å². The minimum atomic E-state index is -1.19. The fourth-order valence-electron chi connectivity index (χ4n) is 1.40. The van der Waals surface area contributed by atoms with E-state index < -0.39 is 29.7 Å². The predicted octanol–water partition coefficient (Wildman–Crippen LogP) is 2.20. The van der Waals surface area contributed by atoms with E-state index >= 15 is 0 Å². The standard InChI is InChI=1S/C12H14F2N2O3/c1-6(2)10(11(17)18)16-12(19)15-9-4-3-7(13)5-8(9)14/h3-6,10H,1-2H3,(H,17,18)(H2,15,16,19)/t10-/m1/s1. The van der Waals surface area contributed by atoms with Gasteiger partial charge in [0.15, 0.2) is 0 Å². The number of hydrogen-bond donors (Lipinski definition) is 3. The highest BCUT2D eigenvalue weighted by molar-refractivity contribution is 5.92. The topological polar surface area (TPSA) is 78.4 Å². The molecule has 2 amide bonds. The van der Waals surface area contributed by atoms with Gasteiger partial charge in [-0.25, -0.2) is 18.4 Å². The summed E-state index contributed by atoms with van der Waals surface area (Å²) in [6.07, 6.45) is 0. The summed E-state index contributed by atoms with van der Waals surface area (Å²) in [5.74, 6) is -3.23. The summed E-state index contributed by atoms with van der Waals surface area (Å²) in [4.78, 5) is 22.4. The van der Waals surface area contributed by atoms with E-state index in [0.717, 1.165) is 12.1 Å². The molecule has 0 saturated carbocycles. The average molecular weight is 272 g/mol. The van der Waals surface area contributed by atoms with E-state index in [9.17, 15) is 18.4 Å². The molecule has 104 valence electrons. The molecule has 0 bridgehead atoms. The molecule has 0 aliphatic rings. The number of hydrogen-bond acceptors (Lipinski definition) is 2. The van der Waals surface area contributed by atoms with E-state index in [-0.39, 0.29) is 11.6 Å². The molecule has 0 fully saturated rings. The molecule has 0 saturated heterocycles. The van der Waals surface area contributed by atoms with Gasteiger partial charge < -0.3 is 15.7 Å². The largest absolute Gasteiger partial charge is 0.480 e. The molecule has 0 aliphatic heterocycles. The summed E-state index contributed by atoms with van der Waals surface area (Å²) >= 11 is 0. The Kier molecular flexibility index (Phi) is 4.80. The summed E-state index contributed by atoms with van der Waals surface area (Å²) in [6.45, 7) is 3.25. The van der Waals surface area contributed by atoms with E-state index in [0.29, 0.717) is 6.07 Å². The fraction of sp³-hybridized carbons (Fsp3) is 0.333. The van der Waals surface area contributed by atoms with Crippen LogP contribution in [0, 0.1) is 17.6 Å². The van der Waals surface area contributed by atoms with Crippen LogP contribution >= 0.6 is 0 Å². The van der Waals surface area contributed by atoms with E-state index in [1.54, 1.807) is 13.8 Å². The van der Waals surface area contributed by atoms with Gasteiger partial charge in [0.25, 0.3) is 0 Å². The van der Waals surface area contributed by atoms with Gasteiger partial charge >= 0.3 is 12.0 Å². The van der Waals surface area contributed by atoms with E-state index in [4.69, 9.17) is 5.11 Å². The number of carboxylic acid groups (broad SMARTS) is 1. The van der Waals surface area contributed by atoms with Crippen LogP contribution in [0.4, 0.5) is 19.3 Å². The van der Waals surface area contributed by atoms with Crippen LogP contribution < -0.4 is 10.6 Å². The van der Waals surface area contributed by atoms with Crippen molar-refractivity contribution in [2.75, 3.05) is 5.32 Å². The molecule has 0 unspecified atom stereocenters. The van der Waals surface area contributed by atoms with Gasteiger partial charge in [0.05, 0.1) is 5.69 Å². The molecular weight excluding hydrogens is 258 g/mol. The second-order valence-corrected chi connectivity index (χ2v) is 4.28. The maximum Gasteiger partial charge on any atom is 0.326 e. The highest BCUT2D eigenvalue weighted by atomic mass is 19.1. The fourth-order valence-corrected chi connectivity index (χ4v) is 1.40. The minimum absolute atomic E-state index is 0.230. The Balaban J connectivity index is 2.72. The number of carboxylic acids is 1. The number of carbonyl (C=O) groups excluding carboxylic acids is 1. The summed E-state index contributed by atoms with van der Waals surface area (Å²) < 4.78 is 25.9. The zero-order valence-electron chi connectivity index (χ0n) is 10.4. The van der Waals surface area contributed by atoms with Crippen LogP contribution in [0.5, 0.6) is 0 Å². The van der Waals surface area contributed by atoms with Crippen molar-refractivity contribution in [3.63, 3.8) is 0 Å². The van der Waals surface area contributed by atoms with E-state index in [1.807, 2.05) is 0 Å². The quantitative estimate of drug-likeness (QED) is 0.786. The number of nitrogens with one attached hydrogen (secondary N) is 2. The Morgan fingerprint density at radius 3 is 2.37 bits per heavy atom. The summed E-state index contributed by atoms with van der Waals surface area (Å²) in [5.41, 5.74) is -0.230. The van der Waals surface area contributed by atoms with Crippen molar-refractivity contribution in [2.45, 2.75) is 19.9 Å². The lowest BCUT2D eigenvalue weighted by atomic mass is 10.1. The van der Waals surface area contributed by atoms with Crippen molar-refractivity contribution < 1.29 is 23.5 Å². The van der Waals surface area contributed by atoms with Crippen LogP contribution in [0.15, 0.2) is 18.2 Å². The molecule has 1 aromatic rings. The highest BCUT2D eigenvalue weighted by Crippen LogP contribution is 2.14. The molecule has 1 aromatic carbocycles. The second kappa shape index (κ2) is 6.12. The zero-order chi connectivity index (χ0) is 14.6. The van der Waals surface area contributed by atoms with Crippen molar-refractivity contribution in [1.82, 2.24) is 5.32 Å². The van der Waals surface area contributed by atoms with Gasteiger partial charge in [0.1, 0.15) is 17.7 Å². The van der Waals surface area contributed by atoms with Crippen molar-refractivity contribution in [3.05, 3.63) is 29.8 Å². The molecule has 1 atom stereocenters. The number of urea groups is 1. The molecule has 1 rings (SSSR count). The summed E-state index contributed by atoms with van der Waals surface area (Å²) in [5, 5.41) is 13.2. The zero-order valence-corrected chi connectivity index (χ0v) is 10.4. The third-order valence-electron chi connectivity index (χ3n) is 2.40. The lowest BCUT2D eigenvalue weighted by Crippen LogP contribution is -2.46. The lowest BCUT2D eigenvalue weighted by Gasteiger charge is -2.18. The number of amides is 2. The van der Waals surface area contributed by atoms with Gasteiger partial charge in [-0.05, 0) is 18.1 Å². The molecule has 7 heteroatoms. The highest BCUT2D eigenvalue weighted by Gasteiger charge is 2.23. The SMILES string of the molecule is CC(C)[C@@H](NC(=O)Nc1ccc(F)cc1F)C(=O)O. The van der Waals surface area contributed by atoms with Crippen LogP contribution in [-0.2, 0) is 4.79 Å². The van der Waals surface area contributed by atoms with Crippen LogP contribution in [-0.4, -0.2) is 23.1 Å². The van der Waals surface area contributed by atoms with Gasteiger partial charge in [0, 0.05) is 6.07 Å². The Bertz CT molecular complexity index is 492. The first kappa shape index (κ1) is 14.9. The second-order valence-electron chi connectivity index (χ2n) is 4.28. The van der Waals surface area contributed by atoms with Crippen LogP contribution in [0.1, 0.15) is 13.8 Å².